The second-order valence-corrected chi connectivity index (χ2v) is 7.81. The van der Waals surface area contributed by atoms with Crippen LogP contribution in [0.3, 0.4) is 0 Å². The first-order valence-corrected chi connectivity index (χ1v) is 10.7. The molecule has 1 saturated heterocycles. The van der Waals surface area contributed by atoms with Gasteiger partial charge in [-0.3, -0.25) is 34.2 Å². The van der Waals surface area contributed by atoms with Gasteiger partial charge in [0.15, 0.2) is 0 Å². The smallest absolute Gasteiger partial charge is 0.266 e. The van der Waals surface area contributed by atoms with Gasteiger partial charge in [-0.05, 0) is 31.4 Å². The van der Waals surface area contributed by atoms with Gasteiger partial charge in [0.1, 0.15) is 11.8 Å². The molecule has 2 aliphatic rings. The van der Waals surface area contributed by atoms with Crippen LogP contribution in [0.25, 0.3) is 0 Å². The van der Waals surface area contributed by atoms with E-state index in [9.17, 15) is 24.0 Å². The average molecular weight is 429 g/mol. The second-order valence-electron chi connectivity index (χ2n) is 7.81. The zero-order valence-electron chi connectivity index (χ0n) is 17.4. The number of rotatable bonds is 11. The van der Waals surface area contributed by atoms with E-state index < -0.39 is 29.7 Å². The number of hydrogen-bond donors (Lipinski definition) is 2. The van der Waals surface area contributed by atoms with Crippen molar-refractivity contribution in [3.63, 3.8) is 0 Å². The van der Waals surface area contributed by atoms with Crippen molar-refractivity contribution in [3.8, 4) is 5.75 Å². The molecule has 2 aliphatic heterocycles. The summed E-state index contributed by atoms with van der Waals surface area (Å²) < 4.78 is 5.79. The Bertz CT molecular complexity index is 897. The normalized spacial score (nSPS) is 18.2. The van der Waals surface area contributed by atoms with Crippen molar-refractivity contribution in [1.29, 1.82) is 0 Å². The Balaban J connectivity index is 1.53. The van der Waals surface area contributed by atoms with Gasteiger partial charge < -0.3 is 10.5 Å². The fraction of sp³-hybridized carbons (Fsp3) is 0.500. The summed E-state index contributed by atoms with van der Waals surface area (Å²) in [6, 6.07) is 3.83. The first kappa shape index (κ1) is 22.5. The number of nitrogens with one attached hydrogen (secondary N) is 1. The number of nitrogens with zero attached hydrogens (tertiary/aromatic N) is 1. The summed E-state index contributed by atoms with van der Waals surface area (Å²) in [7, 11) is 0. The number of carbonyl (C=O) groups excluding carboxylic acids is 5. The molecule has 1 aromatic rings. The third kappa shape index (κ3) is 5.28. The van der Waals surface area contributed by atoms with E-state index in [0.29, 0.717) is 18.8 Å². The molecular formula is C22H27N3O6. The number of imide groups is 2. The lowest BCUT2D eigenvalue weighted by atomic mass is 10.0. The standard InChI is InChI=1S/C22H27N3O6/c23-17(26)10-5-3-1-2-4-6-13-31-16-9-7-8-14-19(16)22(30)25(21(14)29)15-11-12-18(27)24-20(15)28/h7-9,15H,1-6,10-13H2,(H2,23,26)(H,24,27,28). The van der Waals surface area contributed by atoms with Crippen molar-refractivity contribution in [1.82, 2.24) is 10.2 Å². The van der Waals surface area contributed by atoms with Gasteiger partial charge in [0.2, 0.25) is 17.7 Å². The first-order valence-electron chi connectivity index (χ1n) is 10.7. The molecule has 0 radical (unpaired) electrons. The van der Waals surface area contributed by atoms with E-state index in [4.69, 9.17) is 10.5 Å². The van der Waals surface area contributed by atoms with Crippen molar-refractivity contribution < 1.29 is 28.7 Å². The van der Waals surface area contributed by atoms with Crippen LogP contribution in [0.2, 0.25) is 0 Å². The first-order chi connectivity index (χ1) is 14.9. The van der Waals surface area contributed by atoms with Crippen LogP contribution in [-0.4, -0.2) is 47.1 Å². The van der Waals surface area contributed by atoms with Gasteiger partial charge in [-0.15, -0.1) is 0 Å². The lowest BCUT2D eigenvalue weighted by Gasteiger charge is -2.27. The fourth-order valence-corrected chi connectivity index (χ4v) is 3.89. The summed E-state index contributed by atoms with van der Waals surface area (Å²) in [5.41, 5.74) is 5.49. The number of nitrogens with two attached hydrogens (primary N) is 1. The minimum Gasteiger partial charge on any atom is -0.493 e. The number of hydrogen-bond acceptors (Lipinski definition) is 6. The summed E-state index contributed by atoms with van der Waals surface area (Å²) >= 11 is 0. The van der Waals surface area contributed by atoms with E-state index in [1.165, 1.54) is 0 Å². The van der Waals surface area contributed by atoms with Gasteiger partial charge >= 0.3 is 0 Å². The van der Waals surface area contributed by atoms with Gasteiger partial charge in [0, 0.05) is 12.8 Å². The molecule has 0 bridgehead atoms. The van der Waals surface area contributed by atoms with Gasteiger partial charge in [0.25, 0.3) is 11.8 Å². The average Bonchev–Trinajstić information content (AvgIpc) is 2.98. The van der Waals surface area contributed by atoms with Crippen LogP contribution in [0, 0.1) is 0 Å². The molecule has 1 atom stereocenters. The minimum atomic E-state index is -0.993. The zero-order chi connectivity index (χ0) is 22.4. The van der Waals surface area contributed by atoms with Crippen LogP contribution in [0.1, 0.15) is 78.5 Å². The largest absolute Gasteiger partial charge is 0.493 e. The van der Waals surface area contributed by atoms with Crippen LogP contribution >= 0.6 is 0 Å². The Hall–Kier alpha value is -3.23. The number of benzene rings is 1. The number of primary amides is 1. The highest BCUT2D eigenvalue weighted by atomic mass is 16.5. The van der Waals surface area contributed by atoms with E-state index >= 15 is 0 Å². The Morgan fingerprint density at radius 2 is 1.74 bits per heavy atom. The van der Waals surface area contributed by atoms with Crippen molar-refractivity contribution in [3.05, 3.63) is 29.3 Å². The summed E-state index contributed by atoms with van der Waals surface area (Å²) in [6.45, 7) is 0.400. The van der Waals surface area contributed by atoms with Gasteiger partial charge in [-0.25, -0.2) is 0 Å². The maximum atomic E-state index is 13.0. The van der Waals surface area contributed by atoms with Crippen LogP contribution in [0.15, 0.2) is 18.2 Å². The third-order valence-corrected chi connectivity index (χ3v) is 5.50. The molecule has 2 heterocycles. The zero-order valence-corrected chi connectivity index (χ0v) is 17.4. The highest BCUT2D eigenvalue weighted by Gasteiger charge is 2.45. The molecule has 1 aromatic carbocycles. The minimum absolute atomic E-state index is 0.0791. The van der Waals surface area contributed by atoms with Crippen molar-refractivity contribution in [2.45, 2.75) is 63.8 Å². The predicted molar refractivity (Wildman–Crippen MR) is 110 cm³/mol. The number of piperidine rings is 1. The SMILES string of the molecule is NC(=O)CCCCCCCCOc1cccc2c1C(=O)N(C1CCC(=O)NC1=O)C2=O. The molecule has 0 saturated carbocycles. The van der Waals surface area contributed by atoms with Crippen LogP contribution < -0.4 is 15.8 Å². The molecule has 0 aliphatic carbocycles. The molecular weight excluding hydrogens is 402 g/mol. The quantitative estimate of drug-likeness (QED) is 0.406. The molecule has 9 heteroatoms. The highest BCUT2D eigenvalue weighted by molar-refractivity contribution is 6.24. The molecule has 0 aromatic heterocycles. The number of carbonyl (C=O) groups is 5. The van der Waals surface area contributed by atoms with Gasteiger partial charge in [0.05, 0.1) is 17.7 Å². The van der Waals surface area contributed by atoms with Crippen molar-refractivity contribution in [2.24, 2.45) is 5.73 Å². The van der Waals surface area contributed by atoms with E-state index in [1.54, 1.807) is 18.2 Å². The highest BCUT2D eigenvalue weighted by Crippen LogP contribution is 2.33. The third-order valence-electron chi connectivity index (χ3n) is 5.50. The van der Waals surface area contributed by atoms with Gasteiger partial charge in [-0.2, -0.15) is 0 Å². The Morgan fingerprint density at radius 3 is 2.45 bits per heavy atom. The summed E-state index contributed by atoms with van der Waals surface area (Å²) in [5, 5.41) is 2.18. The van der Waals surface area contributed by atoms with Gasteiger partial charge in [-0.1, -0.05) is 31.7 Å². The maximum Gasteiger partial charge on any atom is 0.266 e. The molecule has 3 N–H and O–H groups in total. The van der Waals surface area contributed by atoms with E-state index in [1.807, 2.05) is 0 Å². The van der Waals surface area contributed by atoms with Crippen LogP contribution in [-0.2, 0) is 14.4 Å². The Morgan fingerprint density at radius 1 is 1.03 bits per heavy atom. The lowest BCUT2D eigenvalue weighted by molar-refractivity contribution is -0.136. The fourth-order valence-electron chi connectivity index (χ4n) is 3.89. The summed E-state index contributed by atoms with van der Waals surface area (Å²) in [4.78, 5) is 60.9. The van der Waals surface area contributed by atoms with E-state index in [0.717, 1.165) is 43.4 Å². The van der Waals surface area contributed by atoms with E-state index in [2.05, 4.69) is 5.32 Å². The molecule has 3 rings (SSSR count). The predicted octanol–water partition coefficient (Wildman–Crippen LogP) is 1.68. The molecule has 166 valence electrons. The number of amides is 5. The van der Waals surface area contributed by atoms with Crippen molar-refractivity contribution >= 4 is 29.5 Å². The molecule has 31 heavy (non-hydrogen) atoms. The topological polar surface area (TPSA) is 136 Å². The molecule has 1 fully saturated rings. The molecule has 5 amide bonds. The van der Waals surface area contributed by atoms with Crippen LogP contribution in [0.5, 0.6) is 5.75 Å². The Labute approximate surface area is 180 Å². The molecule has 9 nitrogen and oxygen atoms in total. The summed E-state index contributed by atoms with van der Waals surface area (Å²) in [6.07, 6.45) is 6.15. The number of unbranched alkanes of at least 4 members (excludes halogenated alkanes) is 5. The molecule has 0 spiro atoms. The second kappa shape index (κ2) is 10.2. The van der Waals surface area contributed by atoms with E-state index in [-0.39, 0.29) is 29.9 Å². The Kier molecular flexibility index (Phi) is 7.38. The number of fused-ring (bicyclic) bond motifs is 1. The lowest BCUT2D eigenvalue weighted by Crippen LogP contribution is -2.54. The number of ether oxygens (including phenoxy) is 1. The van der Waals surface area contributed by atoms with Crippen molar-refractivity contribution in [2.75, 3.05) is 6.61 Å². The van der Waals surface area contributed by atoms with Crippen LogP contribution in [0.4, 0.5) is 0 Å². The monoisotopic (exact) mass is 429 g/mol. The maximum absolute atomic E-state index is 13.0. The molecule has 1 unspecified atom stereocenters. The summed E-state index contributed by atoms with van der Waals surface area (Å²) in [5.74, 6) is -2.10.